The SMILES string of the molecule is CCn1c(=O)c2cc(C(=O)N3CCN(c4ccc(F)cc4)CC3)sc2c2ccccc21. The molecule has 5 rings (SSSR count). The van der Waals surface area contributed by atoms with Gasteiger partial charge in [0.05, 0.1) is 15.8 Å². The van der Waals surface area contributed by atoms with E-state index in [1.807, 2.05) is 36.1 Å². The van der Waals surface area contributed by atoms with E-state index in [0.717, 1.165) is 21.3 Å². The van der Waals surface area contributed by atoms with E-state index >= 15 is 0 Å². The number of para-hydroxylation sites is 1. The largest absolute Gasteiger partial charge is 0.368 e. The average molecular weight is 436 g/mol. The summed E-state index contributed by atoms with van der Waals surface area (Å²) >= 11 is 1.40. The van der Waals surface area contributed by atoms with Crippen LogP contribution in [0.4, 0.5) is 10.1 Å². The highest BCUT2D eigenvalue weighted by Crippen LogP contribution is 2.31. The van der Waals surface area contributed by atoms with Crippen LogP contribution in [0.25, 0.3) is 21.0 Å². The molecule has 1 fully saturated rings. The van der Waals surface area contributed by atoms with Gasteiger partial charge < -0.3 is 14.4 Å². The van der Waals surface area contributed by atoms with Crippen LogP contribution in [-0.4, -0.2) is 41.6 Å². The zero-order chi connectivity index (χ0) is 21.5. The van der Waals surface area contributed by atoms with Crippen LogP contribution >= 0.6 is 11.3 Å². The highest BCUT2D eigenvalue weighted by molar-refractivity contribution is 7.21. The Bertz CT molecular complexity index is 1330. The van der Waals surface area contributed by atoms with Crippen molar-refractivity contribution in [2.45, 2.75) is 13.5 Å². The molecule has 5 nitrogen and oxygen atoms in total. The number of fused-ring (bicyclic) bond motifs is 3. The minimum absolute atomic E-state index is 0.0357. The summed E-state index contributed by atoms with van der Waals surface area (Å²) in [5.41, 5.74) is 1.81. The molecule has 0 saturated carbocycles. The first kappa shape index (κ1) is 19.8. The van der Waals surface area contributed by atoms with Crippen molar-refractivity contribution in [1.82, 2.24) is 9.47 Å². The van der Waals surface area contributed by atoms with Gasteiger partial charge in [-0.25, -0.2) is 4.39 Å². The third kappa shape index (κ3) is 3.39. The summed E-state index contributed by atoms with van der Waals surface area (Å²) in [5, 5.41) is 1.61. The fourth-order valence-electron chi connectivity index (χ4n) is 4.30. The molecule has 0 spiro atoms. The van der Waals surface area contributed by atoms with Crippen molar-refractivity contribution in [3.05, 3.63) is 75.6 Å². The maximum atomic E-state index is 13.2. The molecule has 31 heavy (non-hydrogen) atoms. The van der Waals surface area contributed by atoms with E-state index in [1.54, 1.807) is 22.8 Å². The number of piperazine rings is 1. The van der Waals surface area contributed by atoms with E-state index in [0.29, 0.717) is 43.0 Å². The maximum absolute atomic E-state index is 13.2. The standard InChI is InChI=1S/C24H22FN3O2S/c1-2-28-20-6-4-3-5-18(20)22-19(23(28)29)15-21(31-22)24(30)27-13-11-26(12-14-27)17-9-7-16(25)8-10-17/h3-10,15H,2,11-14H2,1H3. The fraction of sp³-hybridized carbons (Fsp3) is 0.250. The third-order valence-corrected chi connectivity index (χ3v) is 7.09. The lowest BCUT2D eigenvalue weighted by Gasteiger charge is -2.36. The number of thiophene rings is 1. The number of benzene rings is 2. The molecule has 7 heteroatoms. The van der Waals surface area contributed by atoms with Gasteiger partial charge >= 0.3 is 0 Å². The van der Waals surface area contributed by atoms with Crippen molar-refractivity contribution in [2.24, 2.45) is 0 Å². The van der Waals surface area contributed by atoms with Crippen molar-refractivity contribution in [3.63, 3.8) is 0 Å². The lowest BCUT2D eigenvalue weighted by Crippen LogP contribution is -2.48. The van der Waals surface area contributed by atoms with Gasteiger partial charge in [-0.3, -0.25) is 9.59 Å². The molecule has 0 atom stereocenters. The van der Waals surface area contributed by atoms with E-state index in [9.17, 15) is 14.0 Å². The van der Waals surface area contributed by atoms with Gasteiger partial charge in [-0.1, -0.05) is 18.2 Å². The van der Waals surface area contributed by atoms with Crippen LogP contribution in [0.5, 0.6) is 0 Å². The van der Waals surface area contributed by atoms with Crippen molar-refractivity contribution < 1.29 is 9.18 Å². The number of nitrogens with zero attached hydrogens (tertiary/aromatic N) is 3. The van der Waals surface area contributed by atoms with Crippen LogP contribution in [0.3, 0.4) is 0 Å². The lowest BCUT2D eigenvalue weighted by molar-refractivity contribution is 0.0751. The summed E-state index contributed by atoms with van der Waals surface area (Å²) in [6, 6.07) is 16.1. The number of halogens is 1. The van der Waals surface area contributed by atoms with E-state index in [2.05, 4.69) is 4.90 Å². The Morgan fingerprint density at radius 1 is 1.00 bits per heavy atom. The maximum Gasteiger partial charge on any atom is 0.264 e. The highest BCUT2D eigenvalue weighted by Gasteiger charge is 2.25. The summed E-state index contributed by atoms with van der Waals surface area (Å²) in [6.07, 6.45) is 0. The highest BCUT2D eigenvalue weighted by atomic mass is 32.1. The second-order valence-corrected chi connectivity index (χ2v) is 8.73. The zero-order valence-corrected chi connectivity index (χ0v) is 18.0. The van der Waals surface area contributed by atoms with Crippen molar-refractivity contribution >= 4 is 43.9 Å². The summed E-state index contributed by atoms with van der Waals surface area (Å²) in [4.78, 5) is 30.8. The Balaban J connectivity index is 1.43. The van der Waals surface area contributed by atoms with Gasteiger partial charge in [0.1, 0.15) is 5.82 Å². The number of aromatic nitrogens is 1. The van der Waals surface area contributed by atoms with E-state index in [4.69, 9.17) is 0 Å². The smallest absolute Gasteiger partial charge is 0.264 e. The first-order valence-electron chi connectivity index (χ1n) is 10.4. The second-order valence-electron chi connectivity index (χ2n) is 7.68. The number of carbonyl (C=O) groups excluding carboxylic acids is 1. The third-order valence-electron chi connectivity index (χ3n) is 5.93. The van der Waals surface area contributed by atoms with Crippen LogP contribution in [0.1, 0.15) is 16.6 Å². The van der Waals surface area contributed by atoms with Gasteiger partial charge in [-0.15, -0.1) is 11.3 Å². The fourth-order valence-corrected chi connectivity index (χ4v) is 5.45. The molecule has 1 saturated heterocycles. The molecule has 2 aromatic carbocycles. The quantitative estimate of drug-likeness (QED) is 0.481. The predicted molar refractivity (Wildman–Crippen MR) is 124 cm³/mol. The Labute approximate surface area is 182 Å². The Morgan fingerprint density at radius 3 is 2.42 bits per heavy atom. The van der Waals surface area contributed by atoms with E-state index in [1.165, 1.54) is 23.5 Å². The van der Waals surface area contributed by atoms with E-state index < -0.39 is 0 Å². The molecule has 0 N–H and O–H groups in total. The first-order valence-corrected chi connectivity index (χ1v) is 11.2. The van der Waals surface area contributed by atoms with Gasteiger partial charge in [0.15, 0.2) is 0 Å². The Hall–Kier alpha value is -3.19. The van der Waals surface area contributed by atoms with Crippen molar-refractivity contribution in [2.75, 3.05) is 31.1 Å². The lowest BCUT2D eigenvalue weighted by atomic mass is 10.1. The molecule has 4 aromatic rings. The number of rotatable bonds is 3. The van der Waals surface area contributed by atoms with Crippen molar-refractivity contribution in [3.8, 4) is 0 Å². The molecule has 1 aliphatic heterocycles. The van der Waals surface area contributed by atoms with Gasteiger partial charge in [0.25, 0.3) is 11.5 Å². The van der Waals surface area contributed by atoms with Gasteiger partial charge in [0.2, 0.25) is 0 Å². The Kier molecular flexibility index (Phi) is 4.98. The minimum atomic E-state index is -0.253. The van der Waals surface area contributed by atoms with Crippen LogP contribution in [0, 0.1) is 5.82 Å². The van der Waals surface area contributed by atoms with Gasteiger partial charge in [-0.05, 0) is 43.3 Å². The minimum Gasteiger partial charge on any atom is -0.368 e. The van der Waals surface area contributed by atoms with Crippen LogP contribution in [-0.2, 0) is 6.54 Å². The summed E-state index contributed by atoms with van der Waals surface area (Å²) in [5.74, 6) is -0.288. The molecule has 0 unspecified atom stereocenters. The predicted octanol–water partition coefficient (Wildman–Crippen LogP) is 4.34. The normalized spacial score (nSPS) is 14.5. The number of anilines is 1. The molecule has 2 aromatic heterocycles. The summed E-state index contributed by atoms with van der Waals surface area (Å²) in [6.45, 7) is 5.09. The van der Waals surface area contributed by atoms with Gasteiger partial charge in [-0.2, -0.15) is 0 Å². The number of pyridine rings is 1. The molecule has 3 heterocycles. The van der Waals surface area contributed by atoms with Crippen LogP contribution in [0.15, 0.2) is 59.4 Å². The number of amides is 1. The first-order chi connectivity index (χ1) is 15.1. The Morgan fingerprint density at radius 2 is 1.71 bits per heavy atom. The number of aryl methyl sites for hydroxylation is 1. The number of carbonyl (C=O) groups is 1. The summed E-state index contributed by atoms with van der Waals surface area (Å²) < 4.78 is 15.8. The second kappa shape index (κ2) is 7.81. The number of hydrogen-bond acceptors (Lipinski definition) is 4. The molecule has 1 amide bonds. The van der Waals surface area contributed by atoms with E-state index in [-0.39, 0.29) is 17.3 Å². The molecular weight excluding hydrogens is 413 g/mol. The molecule has 0 bridgehead atoms. The van der Waals surface area contributed by atoms with Crippen LogP contribution in [0.2, 0.25) is 0 Å². The molecule has 0 radical (unpaired) electrons. The molecule has 0 aliphatic carbocycles. The zero-order valence-electron chi connectivity index (χ0n) is 17.2. The number of hydrogen-bond donors (Lipinski definition) is 0. The monoisotopic (exact) mass is 435 g/mol. The van der Waals surface area contributed by atoms with Crippen LogP contribution < -0.4 is 10.5 Å². The van der Waals surface area contributed by atoms with Gasteiger partial charge in [0, 0.05) is 48.5 Å². The van der Waals surface area contributed by atoms with Crippen molar-refractivity contribution in [1.29, 1.82) is 0 Å². The molecule has 158 valence electrons. The topological polar surface area (TPSA) is 45.6 Å². The molecular formula is C24H22FN3O2S. The summed E-state index contributed by atoms with van der Waals surface area (Å²) in [7, 11) is 0. The average Bonchev–Trinajstić information content (AvgIpc) is 3.26. The molecule has 1 aliphatic rings.